The van der Waals surface area contributed by atoms with E-state index in [1.165, 1.54) is 11.1 Å². The van der Waals surface area contributed by atoms with Crippen molar-refractivity contribution in [2.45, 2.75) is 25.8 Å². The third-order valence-corrected chi connectivity index (χ3v) is 3.17. The van der Waals surface area contributed by atoms with Gasteiger partial charge in [-0.1, -0.05) is 12.1 Å². The second-order valence-electron chi connectivity index (χ2n) is 4.87. The van der Waals surface area contributed by atoms with Gasteiger partial charge in [0.05, 0.1) is 0 Å². The fourth-order valence-corrected chi connectivity index (χ4v) is 2.41. The maximum Gasteiger partial charge on any atom is 0.252 e. The Morgan fingerprint density at radius 1 is 1.56 bits per heavy atom. The number of hydrogen-bond acceptors (Lipinski definition) is 3. The number of methoxy groups -OCH3 is 1. The number of hydrogen-bond donors (Lipinski definition) is 1. The Bertz CT molecular complexity index is 443. The number of carbonyl (C=O) groups excluding carboxylic acids is 1. The lowest BCUT2D eigenvalue weighted by molar-refractivity contribution is -0.122. The zero-order chi connectivity index (χ0) is 13.1. The number of rotatable bonds is 4. The molecular formula is C14H20N2O2. The molecule has 0 aromatic heterocycles. The molecule has 0 fully saturated rings. The van der Waals surface area contributed by atoms with Gasteiger partial charge in [-0.15, -0.1) is 0 Å². The number of benzene rings is 1. The highest BCUT2D eigenvalue weighted by atomic mass is 16.5. The zero-order valence-electron chi connectivity index (χ0n) is 11.0. The molecule has 1 unspecified atom stereocenters. The Balaban J connectivity index is 2.17. The van der Waals surface area contributed by atoms with Crippen molar-refractivity contribution >= 4 is 11.6 Å². The van der Waals surface area contributed by atoms with Crippen LogP contribution in [0, 0.1) is 0 Å². The zero-order valence-corrected chi connectivity index (χ0v) is 11.0. The molecule has 4 nitrogen and oxygen atoms in total. The molecule has 0 spiro atoms. The molecule has 18 heavy (non-hydrogen) atoms. The van der Waals surface area contributed by atoms with Crippen LogP contribution in [0.5, 0.6) is 0 Å². The predicted molar refractivity (Wildman–Crippen MR) is 71.7 cm³/mol. The molecule has 1 heterocycles. The molecular weight excluding hydrogens is 228 g/mol. The minimum absolute atomic E-state index is 0.0243. The molecule has 0 saturated heterocycles. The topological polar surface area (TPSA) is 55.6 Å². The van der Waals surface area contributed by atoms with Crippen LogP contribution < -0.4 is 10.6 Å². The molecule has 0 aliphatic carbocycles. The third kappa shape index (κ3) is 2.71. The van der Waals surface area contributed by atoms with Crippen molar-refractivity contribution in [1.82, 2.24) is 0 Å². The van der Waals surface area contributed by atoms with Crippen LogP contribution >= 0.6 is 0 Å². The SMILES string of the molecule is COCC(=O)N1CCc2cc(CC(C)N)ccc21. The number of nitrogens with zero attached hydrogens (tertiary/aromatic N) is 1. The Morgan fingerprint density at radius 3 is 3.00 bits per heavy atom. The summed E-state index contributed by atoms with van der Waals surface area (Å²) in [6.45, 7) is 2.89. The number of carbonyl (C=O) groups is 1. The smallest absolute Gasteiger partial charge is 0.252 e. The van der Waals surface area contributed by atoms with Crippen LogP contribution in [-0.4, -0.2) is 32.2 Å². The highest BCUT2D eigenvalue weighted by Gasteiger charge is 2.24. The summed E-state index contributed by atoms with van der Waals surface area (Å²) in [5.41, 5.74) is 9.30. The van der Waals surface area contributed by atoms with Crippen LogP contribution in [0.3, 0.4) is 0 Å². The largest absolute Gasteiger partial charge is 0.375 e. The minimum atomic E-state index is 0.0243. The van der Waals surface area contributed by atoms with Gasteiger partial charge in [0.15, 0.2) is 0 Å². The van der Waals surface area contributed by atoms with Crippen molar-refractivity contribution in [3.63, 3.8) is 0 Å². The first-order valence-electron chi connectivity index (χ1n) is 6.28. The van der Waals surface area contributed by atoms with Gasteiger partial charge in [-0.3, -0.25) is 4.79 Å². The normalized spacial score (nSPS) is 15.6. The van der Waals surface area contributed by atoms with Crippen molar-refractivity contribution < 1.29 is 9.53 Å². The average Bonchev–Trinajstić information content (AvgIpc) is 2.71. The first kappa shape index (κ1) is 13.1. The molecule has 2 N–H and O–H groups in total. The summed E-state index contributed by atoms with van der Waals surface area (Å²) in [5, 5.41) is 0. The summed E-state index contributed by atoms with van der Waals surface area (Å²) in [5.74, 6) is 0.0243. The van der Waals surface area contributed by atoms with Gasteiger partial charge in [0.2, 0.25) is 0 Å². The molecule has 98 valence electrons. The molecule has 1 amide bonds. The molecule has 1 aromatic carbocycles. The van der Waals surface area contributed by atoms with Crippen LogP contribution in [0.2, 0.25) is 0 Å². The average molecular weight is 248 g/mol. The molecule has 0 bridgehead atoms. The number of ether oxygens (including phenoxy) is 1. The summed E-state index contributed by atoms with van der Waals surface area (Å²) in [6.07, 6.45) is 1.79. The standard InChI is InChI=1S/C14H20N2O2/c1-10(15)7-11-3-4-13-12(8-11)5-6-16(13)14(17)9-18-2/h3-4,8,10H,5-7,9,15H2,1-2H3. The second kappa shape index (κ2) is 5.50. The number of fused-ring (bicyclic) bond motifs is 1. The van der Waals surface area contributed by atoms with Crippen molar-refractivity contribution in [3.05, 3.63) is 29.3 Å². The Morgan fingerprint density at radius 2 is 2.33 bits per heavy atom. The van der Waals surface area contributed by atoms with Gasteiger partial charge in [-0.05, 0) is 37.0 Å². The van der Waals surface area contributed by atoms with E-state index in [2.05, 4.69) is 12.1 Å². The molecule has 1 atom stereocenters. The fraction of sp³-hybridized carbons (Fsp3) is 0.500. The third-order valence-electron chi connectivity index (χ3n) is 3.17. The van der Waals surface area contributed by atoms with Gasteiger partial charge in [0.25, 0.3) is 5.91 Å². The van der Waals surface area contributed by atoms with Crippen LogP contribution in [0.1, 0.15) is 18.1 Å². The van der Waals surface area contributed by atoms with Gasteiger partial charge in [-0.25, -0.2) is 0 Å². The quantitative estimate of drug-likeness (QED) is 0.868. The van der Waals surface area contributed by atoms with Crippen molar-refractivity contribution in [2.75, 3.05) is 25.2 Å². The lowest BCUT2D eigenvalue weighted by atomic mass is 10.0. The van der Waals surface area contributed by atoms with Crippen molar-refractivity contribution in [3.8, 4) is 0 Å². The van der Waals surface area contributed by atoms with E-state index >= 15 is 0 Å². The van der Waals surface area contributed by atoms with E-state index in [0.717, 1.165) is 25.1 Å². The number of anilines is 1. The summed E-state index contributed by atoms with van der Waals surface area (Å²) in [6, 6.07) is 6.41. The molecule has 1 aromatic rings. The fourth-order valence-electron chi connectivity index (χ4n) is 2.41. The van der Waals surface area contributed by atoms with Gasteiger partial charge in [0.1, 0.15) is 6.61 Å². The lowest BCUT2D eigenvalue weighted by Gasteiger charge is -2.17. The molecule has 1 aliphatic rings. The molecule has 4 heteroatoms. The van der Waals surface area contributed by atoms with Crippen LogP contribution in [0.4, 0.5) is 5.69 Å². The van der Waals surface area contributed by atoms with Crippen molar-refractivity contribution in [1.29, 1.82) is 0 Å². The Kier molecular flexibility index (Phi) is 3.99. The summed E-state index contributed by atoms with van der Waals surface area (Å²) in [4.78, 5) is 13.7. The van der Waals surface area contributed by atoms with Gasteiger partial charge < -0.3 is 15.4 Å². The summed E-state index contributed by atoms with van der Waals surface area (Å²) in [7, 11) is 1.54. The van der Waals surface area contributed by atoms with Crippen LogP contribution in [0.25, 0.3) is 0 Å². The minimum Gasteiger partial charge on any atom is -0.375 e. The van der Waals surface area contributed by atoms with Gasteiger partial charge >= 0.3 is 0 Å². The van der Waals surface area contributed by atoms with Crippen LogP contribution in [0.15, 0.2) is 18.2 Å². The molecule has 0 saturated carbocycles. The highest BCUT2D eigenvalue weighted by molar-refractivity contribution is 5.96. The number of amides is 1. The maximum atomic E-state index is 11.9. The van der Waals surface area contributed by atoms with Gasteiger partial charge in [-0.2, -0.15) is 0 Å². The summed E-state index contributed by atoms with van der Waals surface area (Å²) >= 11 is 0. The second-order valence-corrected chi connectivity index (χ2v) is 4.87. The van der Waals surface area contributed by atoms with Gasteiger partial charge in [0, 0.05) is 25.4 Å². The van der Waals surface area contributed by atoms with Crippen molar-refractivity contribution in [2.24, 2.45) is 5.73 Å². The lowest BCUT2D eigenvalue weighted by Crippen LogP contribution is -2.31. The van der Waals surface area contributed by atoms with E-state index in [-0.39, 0.29) is 18.6 Å². The molecule has 1 aliphatic heterocycles. The first-order valence-corrected chi connectivity index (χ1v) is 6.28. The van der Waals surface area contributed by atoms with E-state index in [1.807, 2.05) is 13.0 Å². The van der Waals surface area contributed by atoms with E-state index in [9.17, 15) is 4.79 Å². The predicted octanol–water partition coefficient (Wildman–Crippen LogP) is 1.11. The molecule has 0 radical (unpaired) electrons. The maximum absolute atomic E-state index is 11.9. The Labute approximate surface area is 108 Å². The van der Waals surface area contributed by atoms with Crippen LogP contribution in [-0.2, 0) is 22.4 Å². The van der Waals surface area contributed by atoms with E-state index in [0.29, 0.717) is 0 Å². The van der Waals surface area contributed by atoms with E-state index in [1.54, 1.807) is 12.0 Å². The monoisotopic (exact) mass is 248 g/mol. The van der Waals surface area contributed by atoms with E-state index in [4.69, 9.17) is 10.5 Å². The number of nitrogens with two attached hydrogens (primary N) is 1. The van der Waals surface area contributed by atoms with E-state index < -0.39 is 0 Å². The summed E-state index contributed by atoms with van der Waals surface area (Å²) < 4.78 is 4.90. The highest BCUT2D eigenvalue weighted by Crippen LogP contribution is 2.29. The Hall–Kier alpha value is -1.39. The first-order chi connectivity index (χ1) is 8.61. The molecule has 2 rings (SSSR count).